The maximum Gasteiger partial charge on any atom is 0.0851 e. The van der Waals surface area contributed by atoms with Gasteiger partial charge in [-0.2, -0.15) is 0 Å². The van der Waals surface area contributed by atoms with E-state index in [2.05, 4.69) is 40.2 Å². The van der Waals surface area contributed by atoms with Crippen molar-refractivity contribution in [3.63, 3.8) is 0 Å². The summed E-state index contributed by atoms with van der Waals surface area (Å²) in [5, 5.41) is 0. The molecule has 2 nitrogen and oxygen atoms in total. The standard InChI is InChI=1S/C12H16N2/c1-2-5-12(6-3-1)7-4-9-14-10-8-13-11-14/h1-3,5-6,11H,4,7-10H2. The van der Waals surface area contributed by atoms with Crippen molar-refractivity contribution >= 4 is 6.34 Å². The molecule has 1 aromatic rings. The SMILES string of the molecule is C1=NCCN1CCCc1ccccc1. The molecule has 0 radical (unpaired) electrons. The molecule has 0 unspecified atom stereocenters. The molecule has 0 amide bonds. The van der Waals surface area contributed by atoms with E-state index in [9.17, 15) is 0 Å². The summed E-state index contributed by atoms with van der Waals surface area (Å²) in [6.07, 6.45) is 4.37. The summed E-state index contributed by atoms with van der Waals surface area (Å²) in [6.45, 7) is 3.22. The highest BCUT2D eigenvalue weighted by atomic mass is 15.2. The fourth-order valence-corrected chi connectivity index (χ4v) is 1.72. The smallest absolute Gasteiger partial charge is 0.0851 e. The Hall–Kier alpha value is -1.31. The lowest BCUT2D eigenvalue weighted by Gasteiger charge is -2.12. The summed E-state index contributed by atoms with van der Waals surface area (Å²) in [4.78, 5) is 6.49. The molecule has 0 bridgehead atoms. The third-order valence-electron chi connectivity index (χ3n) is 2.51. The van der Waals surface area contributed by atoms with Crippen LogP contribution in [0.1, 0.15) is 12.0 Å². The zero-order valence-corrected chi connectivity index (χ0v) is 8.39. The summed E-state index contributed by atoms with van der Waals surface area (Å²) in [7, 11) is 0. The van der Waals surface area contributed by atoms with Crippen LogP contribution >= 0.6 is 0 Å². The van der Waals surface area contributed by atoms with E-state index in [0.29, 0.717) is 0 Å². The number of hydrogen-bond donors (Lipinski definition) is 0. The van der Waals surface area contributed by atoms with Gasteiger partial charge in [0.25, 0.3) is 0 Å². The Balaban J connectivity index is 1.70. The minimum Gasteiger partial charge on any atom is -0.361 e. The Kier molecular flexibility index (Phi) is 3.17. The molecular formula is C12H16N2. The topological polar surface area (TPSA) is 15.6 Å². The van der Waals surface area contributed by atoms with Crippen molar-refractivity contribution in [2.75, 3.05) is 19.6 Å². The highest BCUT2D eigenvalue weighted by Gasteiger charge is 2.03. The van der Waals surface area contributed by atoms with Gasteiger partial charge in [-0.15, -0.1) is 0 Å². The van der Waals surface area contributed by atoms with Crippen LogP contribution in [0.15, 0.2) is 35.3 Å². The maximum absolute atomic E-state index is 4.19. The first-order chi connectivity index (χ1) is 6.95. The molecule has 0 aliphatic carbocycles. The Morgan fingerprint density at radius 3 is 2.79 bits per heavy atom. The van der Waals surface area contributed by atoms with Gasteiger partial charge in [0.05, 0.1) is 12.9 Å². The van der Waals surface area contributed by atoms with Crippen LogP contribution < -0.4 is 0 Å². The monoisotopic (exact) mass is 188 g/mol. The van der Waals surface area contributed by atoms with E-state index >= 15 is 0 Å². The minimum absolute atomic E-state index is 0.978. The number of aliphatic imine (C=N–C) groups is 1. The molecule has 0 N–H and O–H groups in total. The third kappa shape index (κ3) is 2.59. The van der Waals surface area contributed by atoms with Crippen LogP contribution in [0.2, 0.25) is 0 Å². The van der Waals surface area contributed by atoms with Crippen molar-refractivity contribution in [3.8, 4) is 0 Å². The Morgan fingerprint density at radius 2 is 2.07 bits per heavy atom. The van der Waals surface area contributed by atoms with Crippen LogP contribution in [-0.2, 0) is 6.42 Å². The van der Waals surface area contributed by atoms with Crippen LogP contribution in [0, 0.1) is 0 Å². The van der Waals surface area contributed by atoms with Gasteiger partial charge in [0, 0.05) is 13.1 Å². The second-order valence-corrected chi connectivity index (χ2v) is 3.65. The fourth-order valence-electron chi connectivity index (χ4n) is 1.72. The number of benzene rings is 1. The van der Waals surface area contributed by atoms with Crippen molar-refractivity contribution < 1.29 is 0 Å². The van der Waals surface area contributed by atoms with Crippen LogP contribution in [0.4, 0.5) is 0 Å². The molecule has 1 aliphatic heterocycles. The normalized spacial score (nSPS) is 15.0. The zero-order valence-electron chi connectivity index (χ0n) is 8.39. The van der Waals surface area contributed by atoms with E-state index in [0.717, 1.165) is 19.6 Å². The van der Waals surface area contributed by atoms with E-state index in [1.807, 2.05) is 6.34 Å². The van der Waals surface area contributed by atoms with E-state index < -0.39 is 0 Å². The molecule has 0 saturated heterocycles. The second-order valence-electron chi connectivity index (χ2n) is 3.65. The van der Waals surface area contributed by atoms with Gasteiger partial charge >= 0.3 is 0 Å². The molecule has 0 atom stereocenters. The summed E-state index contributed by atoms with van der Waals surface area (Å²) >= 11 is 0. The molecule has 0 spiro atoms. The lowest BCUT2D eigenvalue weighted by atomic mass is 10.1. The van der Waals surface area contributed by atoms with Gasteiger partial charge in [0.1, 0.15) is 0 Å². The van der Waals surface area contributed by atoms with Gasteiger partial charge in [-0.1, -0.05) is 30.3 Å². The van der Waals surface area contributed by atoms with Crippen LogP contribution in [0.3, 0.4) is 0 Å². The molecule has 0 saturated carbocycles. The van der Waals surface area contributed by atoms with Gasteiger partial charge in [-0.3, -0.25) is 4.99 Å². The van der Waals surface area contributed by atoms with Crippen molar-refractivity contribution in [1.82, 2.24) is 4.90 Å². The number of hydrogen-bond acceptors (Lipinski definition) is 2. The first kappa shape index (κ1) is 9.25. The van der Waals surface area contributed by atoms with Gasteiger partial charge in [0.15, 0.2) is 0 Å². The molecule has 74 valence electrons. The first-order valence-corrected chi connectivity index (χ1v) is 5.23. The molecule has 2 heteroatoms. The molecule has 1 aliphatic rings. The lowest BCUT2D eigenvalue weighted by Crippen LogP contribution is -2.21. The largest absolute Gasteiger partial charge is 0.361 e. The van der Waals surface area contributed by atoms with Crippen molar-refractivity contribution in [1.29, 1.82) is 0 Å². The molecule has 14 heavy (non-hydrogen) atoms. The predicted octanol–water partition coefficient (Wildman–Crippen LogP) is 1.96. The molecule has 1 heterocycles. The van der Waals surface area contributed by atoms with Gasteiger partial charge in [-0.25, -0.2) is 0 Å². The summed E-state index contributed by atoms with van der Waals surface area (Å²) in [5.41, 5.74) is 1.43. The number of aryl methyl sites for hydroxylation is 1. The third-order valence-corrected chi connectivity index (χ3v) is 2.51. The lowest BCUT2D eigenvalue weighted by molar-refractivity contribution is 0.455. The second kappa shape index (κ2) is 4.80. The summed E-state index contributed by atoms with van der Waals surface area (Å²) in [6, 6.07) is 10.7. The highest BCUT2D eigenvalue weighted by Crippen LogP contribution is 2.03. The Morgan fingerprint density at radius 1 is 1.21 bits per heavy atom. The van der Waals surface area contributed by atoms with Crippen LogP contribution in [-0.4, -0.2) is 30.9 Å². The van der Waals surface area contributed by atoms with Crippen LogP contribution in [0.5, 0.6) is 0 Å². The van der Waals surface area contributed by atoms with E-state index in [4.69, 9.17) is 0 Å². The number of rotatable bonds is 4. The average Bonchev–Trinajstić information content (AvgIpc) is 2.72. The van der Waals surface area contributed by atoms with Gasteiger partial charge < -0.3 is 4.90 Å². The highest BCUT2D eigenvalue weighted by molar-refractivity contribution is 5.56. The fraction of sp³-hybridized carbons (Fsp3) is 0.417. The Bertz CT molecular complexity index is 292. The Labute approximate surface area is 85.3 Å². The van der Waals surface area contributed by atoms with E-state index in [1.54, 1.807) is 0 Å². The molecule has 1 aromatic carbocycles. The van der Waals surface area contributed by atoms with Gasteiger partial charge in [-0.05, 0) is 18.4 Å². The van der Waals surface area contributed by atoms with E-state index in [-0.39, 0.29) is 0 Å². The molecule has 0 aromatic heterocycles. The van der Waals surface area contributed by atoms with Crippen LogP contribution in [0.25, 0.3) is 0 Å². The molecule has 0 fully saturated rings. The maximum atomic E-state index is 4.19. The summed E-state index contributed by atoms with van der Waals surface area (Å²) < 4.78 is 0. The minimum atomic E-state index is 0.978. The summed E-state index contributed by atoms with van der Waals surface area (Å²) in [5.74, 6) is 0. The van der Waals surface area contributed by atoms with Gasteiger partial charge in [0.2, 0.25) is 0 Å². The zero-order chi connectivity index (χ0) is 9.64. The first-order valence-electron chi connectivity index (χ1n) is 5.23. The van der Waals surface area contributed by atoms with Crippen molar-refractivity contribution in [2.24, 2.45) is 4.99 Å². The molecule has 2 rings (SSSR count). The van der Waals surface area contributed by atoms with Crippen molar-refractivity contribution in [3.05, 3.63) is 35.9 Å². The average molecular weight is 188 g/mol. The molecular weight excluding hydrogens is 172 g/mol. The quantitative estimate of drug-likeness (QED) is 0.705. The predicted molar refractivity (Wildman–Crippen MR) is 59.7 cm³/mol. The van der Waals surface area contributed by atoms with E-state index in [1.165, 1.54) is 18.4 Å². The number of nitrogens with zero attached hydrogens (tertiary/aromatic N) is 2. The van der Waals surface area contributed by atoms with Crippen molar-refractivity contribution in [2.45, 2.75) is 12.8 Å².